The van der Waals surface area contributed by atoms with E-state index in [0.717, 1.165) is 24.2 Å². The molecule has 1 fully saturated rings. The zero-order chi connectivity index (χ0) is 13.0. The maximum absolute atomic E-state index is 12.2. The van der Waals surface area contributed by atoms with Crippen LogP contribution in [0.4, 0.5) is 0 Å². The number of benzene rings is 1. The highest BCUT2D eigenvalue weighted by Gasteiger charge is 2.19. The van der Waals surface area contributed by atoms with Crippen LogP contribution in [-0.2, 0) is 0 Å². The molecule has 2 rings (SSSR count). The van der Waals surface area contributed by atoms with E-state index in [1.54, 1.807) is 0 Å². The van der Waals surface area contributed by atoms with Gasteiger partial charge in [-0.2, -0.15) is 11.8 Å². The lowest BCUT2D eigenvalue weighted by Gasteiger charge is -2.32. The minimum Gasteiger partial charge on any atom is -0.299 e. The average molecular weight is 263 g/mol. The third-order valence-corrected chi connectivity index (χ3v) is 4.77. The molecule has 1 heterocycles. The van der Waals surface area contributed by atoms with Gasteiger partial charge in [-0.05, 0) is 19.4 Å². The summed E-state index contributed by atoms with van der Waals surface area (Å²) in [7, 11) is 0. The summed E-state index contributed by atoms with van der Waals surface area (Å²) in [5.74, 6) is 2.67. The molecule has 0 amide bonds. The third-order valence-electron chi connectivity index (χ3n) is 3.58. The van der Waals surface area contributed by atoms with Gasteiger partial charge in [0, 0.05) is 42.6 Å². The molecule has 1 aliphatic heterocycles. The lowest BCUT2D eigenvalue weighted by molar-refractivity contribution is 0.0957. The fourth-order valence-corrected chi connectivity index (χ4v) is 3.44. The zero-order valence-corrected chi connectivity index (χ0v) is 12.0. The minimum atomic E-state index is 0.276. The van der Waals surface area contributed by atoms with Crippen molar-refractivity contribution in [2.45, 2.75) is 26.3 Å². The Morgan fingerprint density at radius 2 is 2.22 bits per heavy atom. The predicted octanol–water partition coefficient (Wildman–Crippen LogP) is 3.01. The number of Topliss-reactive ketones (excluding diaryl/α,β-unsaturated/α-hetero) is 1. The summed E-state index contributed by atoms with van der Waals surface area (Å²) < 4.78 is 0. The molecule has 0 aromatic heterocycles. The smallest absolute Gasteiger partial charge is 0.164 e. The first-order valence-electron chi connectivity index (χ1n) is 6.59. The highest BCUT2D eigenvalue weighted by atomic mass is 32.2. The number of rotatable bonds is 4. The van der Waals surface area contributed by atoms with E-state index in [9.17, 15) is 4.79 Å². The SMILES string of the molecule is Cc1ccccc1C(=O)CCN1CCSCC1C. The van der Waals surface area contributed by atoms with E-state index >= 15 is 0 Å². The van der Waals surface area contributed by atoms with Crippen LogP contribution in [0.3, 0.4) is 0 Å². The highest BCUT2D eigenvalue weighted by molar-refractivity contribution is 7.99. The van der Waals surface area contributed by atoms with Crippen LogP contribution in [-0.4, -0.2) is 41.3 Å². The summed E-state index contributed by atoms with van der Waals surface area (Å²) in [6, 6.07) is 8.48. The lowest BCUT2D eigenvalue weighted by Crippen LogP contribution is -2.41. The quantitative estimate of drug-likeness (QED) is 0.779. The highest BCUT2D eigenvalue weighted by Crippen LogP contribution is 2.17. The maximum Gasteiger partial charge on any atom is 0.164 e. The average Bonchev–Trinajstić information content (AvgIpc) is 2.38. The Morgan fingerprint density at radius 3 is 2.94 bits per heavy atom. The van der Waals surface area contributed by atoms with Crippen molar-refractivity contribution < 1.29 is 4.79 Å². The molecule has 0 radical (unpaired) electrons. The standard InChI is InChI=1S/C15H21NOS/c1-12-5-3-4-6-14(12)15(17)7-8-16-9-10-18-11-13(16)2/h3-6,13H,7-11H2,1-2H3. The number of ketones is 1. The van der Waals surface area contributed by atoms with Crippen LogP contribution < -0.4 is 0 Å². The molecule has 1 saturated heterocycles. The molecule has 0 N–H and O–H groups in total. The molecular weight excluding hydrogens is 242 g/mol. The molecule has 1 atom stereocenters. The number of hydrogen-bond donors (Lipinski definition) is 0. The number of hydrogen-bond acceptors (Lipinski definition) is 3. The Balaban J connectivity index is 1.90. The van der Waals surface area contributed by atoms with Crippen molar-refractivity contribution in [2.75, 3.05) is 24.6 Å². The summed E-state index contributed by atoms with van der Waals surface area (Å²) in [4.78, 5) is 14.6. The molecule has 18 heavy (non-hydrogen) atoms. The lowest BCUT2D eigenvalue weighted by atomic mass is 10.0. The molecule has 0 spiro atoms. The van der Waals surface area contributed by atoms with Crippen molar-refractivity contribution in [1.29, 1.82) is 0 Å². The van der Waals surface area contributed by atoms with Crippen molar-refractivity contribution in [3.05, 3.63) is 35.4 Å². The van der Waals surface area contributed by atoms with Gasteiger partial charge in [-0.25, -0.2) is 0 Å². The van der Waals surface area contributed by atoms with E-state index < -0.39 is 0 Å². The van der Waals surface area contributed by atoms with Gasteiger partial charge in [0.25, 0.3) is 0 Å². The van der Waals surface area contributed by atoms with Crippen molar-refractivity contribution in [2.24, 2.45) is 0 Å². The van der Waals surface area contributed by atoms with Gasteiger partial charge in [-0.15, -0.1) is 0 Å². The van der Waals surface area contributed by atoms with Gasteiger partial charge in [-0.1, -0.05) is 24.3 Å². The first-order chi connectivity index (χ1) is 8.68. The Morgan fingerprint density at radius 1 is 1.44 bits per heavy atom. The molecule has 1 aliphatic rings. The van der Waals surface area contributed by atoms with Crippen LogP contribution in [0.25, 0.3) is 0 Å². The van der Waals surface area contributed by atoms with Crippen LogP contribution >= 0.6 is 11.8 Å². The van der Waals surface area contributed by atoms with Crippen LogP contribution in [0.2, 0.25) is 0 Å². The normalized spacial score (nSPS) is 20.9. The molecule has 2 nitrogen and oxygen atoms in total. The van der Waals surface area contributed by atoms with Crippen molar-refractivity contribution in [3.63, 3.8) is 0 Å². The summed E-state index contributed by atoms with van der Waals surface area (Å²) in [6.45, 7) is 6.28. The second kappa shape index (κ2) is 6.39. The molecule has 0 saturated carbocycles. The molecule has 3 heteroatoms. The monoisotopic (exact) mass is 263 g/mol. The van der Waals surface area contributed by atoms with Gasteiger partial charge in [0.05, 0.1) is 0 Å². The molecule has 1 aromatic rings. The zero-order valence-electron chi connectivity index (χ0n) is 11.2. The van der Waals surface area contributed by atoms with Crippen molar-refractivity contribution >= 4 is 17.5 Å². The van der Waals surface area contributed by atoms with E-state index in [2.05, 4.69) is 11.8 Å². The summed E-state index contributed by atoms with van der Waals surface area (Å²) in [5, 5.41) is 0. The Labute approximate surface area is 114 Å². The fraction of sp³-hybridized carbons (Fsp3) is 0.533. The Kier molecular flexibility index (Phi) is 4.84. The minimum absolute atomic E-state index is 0.276. The van der Waals surface area contributed by atoms with Gasteiger partial charge in [-0.3, -0.25) is 9.69 Å². The van der Waals surface area contributed by atoms with E-state index in [0.29, 0.717) is 12.5 Å². The van der Waals surface area contributed by atoms with Crippen LogP contribution in [0, 0.1) is 6.92 Å². The van der Waals surface area contributed by atoms with Crippen LogP contribution in [0.15, 0.2) is 24.3 Å². The summed E-state index contributed by atoms with van der Waals surface area (Å²) >= 11 is 2.01. The topological polar surface area (TPSA) is 20.3 Å². The number of aryl methyl sites for hydroxylation is 1. The van der Waals surface area contributed by atoms with E-state index in [1.807, 2.05) is 43.0 Å². The number of nitrogens with zero attached hydrogens (tertiary/aromatic N) is 1. The molecule has 0 aliphatic carbocycles. The van der Waals surface area contributed by atoms with Crippen LogP contribution in [0.5, 0.6) is 0 Å². The maximum atomic E-state index is 12.2. The van der Waals surface area contributed by atoms with Crippen molar-refractivity contribution in [1.82, 2.24) is 4.90 Å². The number of carbonyl (C=O) groups excluding carboxylic acids is 1. The molecular formula is C15H21NOS. The summed E-state index contributed by atoms with van der Waals surface area (Å²) in [5.41, 5.74) is 1.97. The predicted molar refractivity (Wildman–Crippen MR) is 78.5 cm³/mol. The van der Waals surface area contributed by atoms with Gasteiger partial charge >= 0.3 is 0 Å². The van der Waals surface area contributed by atoms with Crippen LogP contribution in [0.1, 0.15) is 29.3 Å². The second-order valence-electron chi connectivity index (χ2n) is 4.95. The fourth-order valence-electron chi connectivity index (χ4n) is 2.36. The van der Waals surface area contributed by atoms with E-state index in [4.69, 9.17) is 0 Å². The largest absolute Gasteiger partial charge is 0.299 e. The number of thioether (sulfide) groups is 1. The van der Waals surface area contributed by atoms with Gasteiger partial charge in [0.1, 0.15) is 0 Å². The first kappa shape index (κ1) is 13.6. The van der Waals surface area contributed by atoms with Gasteiger partial charge in [0.2, 0.25) is 0 Å². The number of carbonyl (C=O) groups is 1. The molecule has 1 aromatic carbocycles. The molecule has 1 unspecified atom stereocenters. The van der Waals surface area contributed by atoms with Crippen molar-refractivity contribution in [3.8, 4) is 0 Å². The van der Waals surface area contributed by atoms with Gasteiger partial charge in [0.15, 0.2) is 5.78 Å². The van der Waals surface area contributed by atoms with Gasteiger partial charge < -0.3 is 0 Å². The molecule has 98 valence electrons. The van der Waals surface area contributed by atoms with E-state index in [1.165, 1.54) is 11.5 Å². The third kappa shape index (κ3) is 3.36. The molecule has 0 bridgehead atoms. The first-order valence-corrected chi connectivity index (χ1v) is 7.74. The Bertz CT molecular complexity index is 419. The summed E-state index contributed by atoms with van der Waals surface area (Å²) in [6.07, 6.45) is 0.639. The van der Waals surface area contributed by atoms with E-state index in [-0.39, 0.29) is 5.78 Å². The second-order valence-corrected chi connectivity index (χ2v) is 6.10. The Hall–Kier alpha value is -0.800.